The molecule has 0 amide bonds. The molecule has 1 fully saturated rings. The number of carboxylic acids is 1. The van der Waals surface area contributed by atoms with Gasteiger partial charge in [-0.15, -0.1) is 0 Å². The third kappa shape index (κ3) is 2.50. The van der Waals surface area contributed by atoms with Gasteiger partial charge >= 0.3 is 5.97 Å². The molecule has 1 heterocycles. The Morgan fingerprint density at radius 1 is 1.42 bits per heavy atom. The number of hydrogen-bond donors (Lipinski definition) is 2. The molecule has 0 bridgehead atoms. The standard InChI is InChI=1S/C10H9BrFNO5S/c11-5-1-7(10(15)16)9(12)8(2-5)19(17,18)13-3-6(14)4-13/h1-2,6,14H,3-4H2,(H,15,16). The summed E-state index contributed by atoms with van der Waals surface area (Å²) in [5.41, 5.74) is -0.728. The van der Waals surface area contributed by atoms with E-state index in [1.807, 2.05) is 0 Å². The zero-order valence-corrected chi connectivity index (χ0v) is 11.8. The van der Waals surface area contributed by atoms with Crippen LogP contribution < -0.4 is 0 Å². The van der Waals surface area contributed by atoms with Crippen LogP contribution in [0, 0.1) is 5.82 Å². The van der Waals surface area contributed by atoms with Gasteiger partial charge in [-0.05, 0) is 12.1 Å². The van der Waals surface area contributed by atoms with E-state index in [-0.39, 0.29) is 17.6 Å². The van der Waals surface area contributed by atoms with Gasteiger partial charge in [0.2, 0.25) is 10.0 Å². The van der Waals surface area contributed by atoms with Crippen molar-refractivity contribution >= 4 is 31.9 Å². The number of hydrogen-bond acceptors (Lipinski definition) is 4. The fourth-order valence-electron chi connectivity index (χ4n) is 1.66. The summed E-state index contributed by atoms with van der Waals surface area (Å²) < 4.78 is 39.1. The van der Waals surface area contributed by atoms with Gasteiger partial charge in [-0.25, -0.2) is 17.6 Å². The maximum atomic E-state index is 13.9. The quantitative estimate of drug-likeness (QED) is 0.831. The Hall–Kier alpha value is -1.03. The fourth-order valence-corrected chi connectivity index (χ4v) is 3.90. The summed E-state index contributed by atoms with van der Waals surface area (Å²) in [4.78, 5) is 10.1. The molecule has 2 rings (SSSR count). The summed E-state index contributed by atoms with van der Waals surface area (Å²) in [6.07, 6.45) is -0.774. The van der Waals surface area contributed by atoms with Crippen LogP contribution in [-0.2, 0) is 10.0 Å². The highest BCUT2D eigenvalue weighted by molar-refractivity contribution is 9.10. The van der Waals surface area contributed by atoms with Gasteiger partial charge in [0.1, 0.15) is 4.90 Å². The Kier molecular flexibility index (Phi) is 3.65. The maximum absolute atomic E-state index is 13.9. The summed E-state index contributed by atoms with van der Waals surface area (Å²) in [7, 11) is -4.14. The largest absolute Gasteiger partial charge is 0.478 e. The zero-order chi connectivity index (χ0) is 14.4. The molecule has 0 aromatic heterocycles. The lowest BCUT2D eigenvalue weighted by atomic mass is 10.2. The SMILES string of the molecule is O=C(O)c1cc(Br)cc(S(=O)(=O)N2CC(O)C2)c1F. The average molecular weight is 354 g/mol. The Bertz CT molecular complexity index is 642. The summed E-state index contributed by atoms with van der Waals surface area (Å²) in [6.45, 7) is -0.257. The number of sulfonamides is 1. The minimum Gasteiger partial charge on any atom is -0.478 e. The van der Waals surface area contributed by atoms with E-state index in [0.717, 1.165) is 16.4 Å². The smallest absolute Gasteiger partial charge is 0.338 e. The normalized spacial score (nSPS) is 17.2. The predicted molar refractivity (Wildman–Crippen MR) is 65.8 cm³/mol. The Morgan fingerprint density at radius 3 is 2.47 bits per heavy atom. The van der Waals surface area contributed by atoms with Gasteiger partial charge in [-0.2, -0.15) is 4.31 Å². The van der Waals surface area contributed by atoms with Crippen molar-refractivity contribution in [2.24, 2.45) is 0 Å². The first kappa shape index (κ1) is 14.4. The lowest BCUT2D eigenvalue weighted by Crippen LogP contribution is -2.53. The minimum atomic E-state index is -4.14. The topological polar surface area (TPSA) is 94.9 Å². The highest BCUT2D eigenvalue weighted by Crippen LogP contribution is 2.28. The fraction of sp³-hybridized carbons (Fsp3) is 0.300. The van der Waals surface area contributed by atoms with Crippen LogP contribution in [0.5, 0.6) is 0 Å². The number of benzene rings is 1. The van der Waals surface area contributed by atoms with E-state index in [9.17, 15) is 17.6 Å². The predicted octanol–water partition coefficient (Wildman–Crippen LogP) is 0.652. The molecular weight excluding hydrogens is 345 g/mol. The first-order valence-electron chi connectivity index (χ1n) is 5.14. The van der Waals surface area contributed by atoms with E-state index in [1.54, 1.807) is 0 Å². The van der Waals surface area contributed by atoms with Crippen LogP contribution >= 0.6 is 15.9 Å². The third-order valence-electron chi connectivity index (χ3n) is 2.68. The summed E-state index contributed by atoms with van der Waals surface area (Å²) in [5.74, 6) is -2.86. The van der Waals surface area contributed by atoms with Crippen molar-refractivity contribution in [1.29, 1.82) is 0 Å². The molecule has 0 radical (unpaired) electrons. The first-order valence-corrected chi connectivity index (χ1v) is 7.37. The summed E-state index contributed by atoms with van der Waals surface area (Å²) in [5, 5.41) is 17.9. The highest BCUT2D eigenvalue weighted by atomic mass is 79.9. The van der Waals surface area contributed by atoms with Crippen LogP contribution in [-0.4, -0.2) is 48.1 Å². The van der Waals surface area contributed by atoms with Crippen LogP contribution in [0.4, 0.5) is 4.39 Å². The van der Waals surface area contributed by atoms with Crippen molar-refractivity contribution in [2.75, 3.05) is 13.1 Å². The van der Waals surface area contributed by atoms with Crippen LogP contribution in [0.2, 0.25) is 0 Å². The lowest BCUT2D eigenvalue weighted by Gasteiger charge is -2.34. The molecule has 104 valence electrons. The van der Waals surface area contributed by atoms with Crippen molar-refractivity contribution < 1.29 is 27.8 Å². The molecular formula is C10H9BrFNO5S. The Morgan fingerprint density at radius 2 is 2.00 bits per heavy atom. The molecule has 0 spiro atoms. The van der Waals surface area contributed by atoms with E-state index >= 15 is 0 Å². The number of carbonyl (C=O) groups is 1. The van der Waals surface area contributed by atoms with E-state index in [2.05, 4.69) is 15.9 Å². The van der Waals surface area contributed by atoms with E-state index in [1.165, 1.54) is 0 Å². The summed E-state index contributed by atoms with van der Waals surface area (Å²) >= 11 is 2.95. The minimum absolute atomic E-state index is 0.128. The van der Waals surface area contributed by atoms with Gasteiger partial charge in [0, 0.05) is 17.6 Å². The molecule has 1 aliphatic rings. The van der Waals surface area contributed by atoms with Gasteiger partial charge in [0.15, 0.2) is 5.82 Å². The molecule has 19 heavy (non-hydrogen) atoms. The number of nitrogens with zero attached hydrogens (tertiary/aromatic N) is 1. The Balaban J connectivity index is 2.54. The van der Waals surface area contributed by atoms with Gasteiger partial charge in [0.05, 0.1) is 11.7 Å². The van der Waals surface area contributed by atoms with Gasteiger partial charge in [-0.1, -0.05) is 15.9 Å². The van der Waals surface area contributed by atoms with Gasteiger partial charge in [0.25, 0.3) is 0 Å². The number of aliphatic hydroxyl groups excluding tert-OH is 1. The van der Waals surface area contributed by atoms with Crippen molar-refractivity contribution in [3.05, 3.63) is 28.0 Å². The molecule has 0 saturated carbocycles. The average Bonchev–Trinajstić information content (AvgIpc) is 2.27. The maximum Gasteiger partial charge on any atom is 0.338 e. The number of carboxylic acid groups (broad SMARTS) is 1. The molecule has 1 aromatic rings. The molecule has 6 nitrogen and oxygen atoms in total. The van der Waals surface area contributed by atoms with Crippen LogP contribution in [0.25, 0.3) is 0 Å². The first-order chi connectivity index (χ1) is 8.73. The number of β-amino-alcohol motifs (C(OH)–C–C–N with tert-alkyl or cyclic N) is 1. The lowest BCUT2D eigenvalue weighted by molar-refractivity contribution is 0.0545. The van der Waals surface area contributed by atoms with Crippen LogP contribution in [0.3, 0.4) is 0 Å². The van der Waals surface area contributed by atoms with Gasteiger partial charge < -0.3 is 10.2 Å². The molecule has 0 atom stereocenters. The monoisotopic (exact) mass is 353 g/mol. The van der Waals surface area contributed by atoms with E-state index < -0.39 is 38.4 Å². The second kappa shape index (κ2) is 4.82. The highest BCUT2D eigenvalue weighted by Gasteiger charge is 2.38. The molecule has 0 unspecified atom stereocenters. The van der Waals surface area contributed by atoms with Crippen LogP contribution in [0.1, 0.15) is 10.4 Å². The molecule has 1 aliphatic heterocycles. The van der Waals surface area contributed by atoms with Crippen molar-refractivity contribution in [1.82, 2.24) is 4.31 Å². The van der Waals surface area contributed by atoms with Crippen molar-refractivity contribution in [2.45, 2.75) is 11.0 Å². The van der Waals surface area contributed by atoms with Crippen molar-refractivity contribution in [3.63, 3.8) is 0 Å². The third-order valence-corrected chi connectivity index (χ3v) is 4.97. The second-order valence-corrected chi connectivity index (χ2v) is 6.87. The Labute approximate surface area is 116 Å². The molecule has 1 saturated heterocycles. The molecule has 1 aromatic carbocycles. The number of halogens is 2. The van der Waals surface area contributed by atoms with Gasteiger partial charge in [-0.3, -0.25) is 0 Å². The second-order valence-electron chi connectivity index (χ2n) is 4.05. The zero-order valence-electron chi connectivity index (χ0n) is 9.38. The summed E-state index contributed by atoms with van der Waals surface area (Å²) in [6, 6.07) is 1.99. The molecule has 9 heteroatoms. The number of rotatable bonds is 3. The van der Waals surface area contributed by atoms with E-state index in [0.29, 0.717) is 0 Å². The number of aliphatic hydroxyl groups is 1. The van der Waals surface area contributed by atoms with Crippen LogP contribution in [0.15, 0.2) is 21.5 Å². The number of aromatic carboxylic acids is 1. The van der Waals surface area contributed by atoms with Crippen molar-refractivity contribution in [3.8, 4) is 0 Å². The van der Waals surface area contributed by atoms with E-state index in [4.69, 9.17) is 10.2 Å². The molecule has 2 N–H and O–H groups in total. The molecule has 0 aliphatic carbocycles.